The molecule has 1 heterocycles. The summed E-state index contributed by atoms with van der Waals surface area (Å²) in [5.74, 6) is -1.29. The predicted molar refractivity (Wildman–Crippen MR) is 87.6 cm³/mol. The maximum Gasteiger partial charge on any atom is 0.254 e. The van der Waals surface area contributed by atoms with E-state index in [4.69, 9.17) is 16.2 Å². The van der Waals surface area contributed by atoms with Crippen LogP contribution in [-0.2, 0) is 0 Å². The van der Waals surface area contributed by atoms with Crippen LogP contribution in [0.25, 0.3) is 0 Å². The molecule has 9 heteroatoms. The molecule has 0 saturated heterocycles. The molecule has 1 aromatic heterocycles. The minimum Gasteiger partial charge on any atom is -0.480 e. The number of ether oxygens (including phenoxy) is 1. The Morgan fingerprint density at radius 3 is 2.45 bits per heavy atom. The molecule has 0 bridgehead atoms. The van der Waals surface area contributed by atoms with Gasteiger partial charge in [-0.2, -0.15) is 4.98 Å². The molecule has 1 aliphatic carbocycles. The fourth-order valence-corrected chi connectivity index (χ4v) is 2.36. The maximum atomic E-state index is 13.9. The van der Waals surface area contributed by atoms with Crippen LogP contribution in [0, 0.1) is 5.82 Å². The first-order chi connectivity index (χ1) is 9.51. The molecule has 5 N–H and O–H groups in total. The smallest absolute Gasteiger partial charge is 0.254 e. The van der Waals surface area contributed by atoms with E-state index >= 15 is 0 Å². The number of carbonyl (C=O) groups excluding carboxylic acids is 1. The van der Waals surface area contributed by atoms with Gasteiger partial charge in [0, 0.05) is 12.1 Å². The van der Waals surface area contributed by atoms with Gasteiger partial charge < -0.3 is 21.5 Å². The van der Waals surface area contributed by atoms with Crippen LogP contribution in [0.1, 0.15) is 36.0 Å². The van der Waals surface area contributed by atoms with Gasteiger partial charge in [-0.05, 0) is 31.7 Å². The Balaban J connectivity index is 0.00000220. The molecule has 0 aromatic carbocycles. The summed E-state index contributed by atoms with van der Waals surface area (Å²) in [4.78, 5) is 15.2. The number of carbonyl (C=O) groups is 1. The highest BCUT2D eigenvalue weighted by molar-refractivity contribution is 5.95. The Kier molecular flexibility index (Phi) is 8.44. The molecule has 1 saturated carbocycles. The van der Waals surface area contributed by atoms with Crippen LogP contribution in [0.5, 0.6) is 5.88 Å². The van der Waals surface area contributed by atoms with E-state index in [0.717, 1.165) is 31.7 Å². The van der Waals surface area contributed by atoms with E-state index in [1.54, 1.807) is 0 Å². The van der Waals surface area contributed by atoms with Crippen molar-refractivity contribution in [1.29, 1.82) is 0 Å². The first-order valence-electron chi connectivity index (χ1n) is 6.57. The van der Waals surface area contributed by atoms with E-state index in [-0.39, 0.29) is 54.2 Å². The van der Waals surface area contributed by atoms with Crippen LogP contribution in [0.15, 0.2) is 6.07 Å². The summed E-state index contributed by atoms with van der Waals surface area (Å²) in [5.41, 5.74) is 10.9. The SMILES string of the molecule is COc1nc(N[C@H]2CC[C@H](N)CC2)c(F)cc1C(N)=O.Cl.Cl. The Hall–Kier alpha value is -1.31. The van der Waals surface area contributed by atoms with E-state index in [1.807, 2.05) is 0 Å². The molecule has 1 amide bonds. The molecule has 1 aromatic rings. The van der Waals surface area contributed by atoms with E-state index in [0.29, 0.717) is 0 Å². The molecule has 0 atom stereocenters. The molecule has 0 unspecified atom stereocenters. The summed E-state index contributed by atoms with van der Waals surface area (Å²) in [7, 11) is 1.36. The highest BCUT2D eigenvalue weighted by Gasteiger charge is 2.22. The first kappa shape index (κ1) is 20.7. The molecule has 22 heavy (non-hydrogen) atoms. The zero-order valence-corrected chi connectivity index (χ0v) is 13.8. The van der Waals surface area contributed by atoms with Crippen molar-refractivity contribution in [3.63, 3.8) is 0 Å². The Morgan fingerprint density at radius 1 is 1.36 bits per heavy atom. The number of amides is 1. The molecule has 6 nitrogen and oxygen atoms in total. The molecule has 1 aliphatic rings. The summed E-state index contributed by atoms with van der Waals surface area (Å²) in [6, 6.07) is 1.39. The number of hydrogen-bond donors (Lipinski definition) is 3. The molecular weight excluding hydrogens is 334 g/mol. The van der Waals surface area contributed by atoms with Crippen molar-refractivity contribution in [1.82, 2.24) is 4.98 Å². The Bertz CT molecular complexity index is 511. The normalized spacial score (nSPS) is 20.3. The number of aromatic nitrogens is 1. The van der Waals surface area contributed by atoms with Crippen molar-refractivity contribution in [2.24, 2.45) is 11.5 Å². The van der Waals surface area contributed by atoms with Gasteiger partial charge in [0.15, 0.2) is 11.6 Å². The van der Waals surface area contributed by atoms with Crippen molar-refractivity contribution < 1.29 is 13.9 Å². The summed E-state index contributed by atoms with van der Waals surface area (Å²) in [6.45, 7) is 0. The fourth-order valence-electron chi connectivity index (χ4n) is 2.36. The van der Waals surface area contributed by atoms with Crippen molar-refractivity contribution >= 4 is 36.5 Å². The number of methoxy groups -OCH3 is 1. The minimum atomic E-state index is -0.775. The van der Waals surface area contributed by atoms with Crippen molar-refractivity contribution in [3.8, 4) is 5.88 Å². The number of anilines is 1. The lowest BCUT2D eigenvalue weighted by Gasteiger charge is -2.27. The number of hydrogen-bond acceptors (Lipinski definition) is 5. The van der Waals surface area contributed by atoms with E-state index in [1.165, 1.54) is 7.11 Å². The van der Waals surface area contributed by atoms with Gasteiger partial charge in [0.2, 0.25) is 5.88 Å². The molecule has 0 spiro atoms. The molecule has 126 valence electrons. The summed E-state index contributed by atoms with van der Waals surface area (Å²) >= 11 is 0. The van der Waals surface area contributed by atoms with Gasteiger partial charge in [-0.15, -0.1) is 24.8 Å². The average Bonchev–Trinajstić information content (AvgIpc) is 2.42. The van der Waals surface area contributed by atoms with Gasteiger partial charge in [-0.25, -0.2) is 4.39 Å². The second kappa shape index (κ2) is 8.97. The van der Waals surface area contributed by atoms with Crippen molar-refractivity contribution in [2.45, 2.75) is 37.8 Å². The third-order valence-electron chi connectivity index (χ3n) is 3.51. The largest absolute Gasteiger partial charge is 0.480 e. The number of primary amides is 1. The van der Waals surface area contributed by atoms with Gasteiger partial charge in [0.25, 0.3) is 5.91 Å². The molecule has 0 aliphatic heterocycles. The number of nitrogens with one attached hydrogen (secondary N) is 1. The number of halogens is 3. The number of pyridine rings is 1. The number of nitrogens with zero attached hydrogens (tertiary/aromatic N) is 1. The zero-order valence-electron chi connectivity index (χ0n) is 12.2. The third-order valence-corrected chi connectivity index (χ3v) is 3.51. The topological polar surface area (TPSA) is 103 Å². The molecular formula is C13H21Cl2FN4O2. The highest BCUT2D eigenvalue weighted by atomic mass is 35.5. The summed E-state index contributed by atoms with van der Waals surface area (Å²) < 4.78 is 18.9. The molecule has 0 radical (unpaired) electrons. The second-order valence-electron chi connectivity index (χ2n) is 5.00. The van der Waals surface area contributed by atoms with E-state index in [2.05, 4.69) is 10.3 Å². The van der Waals surface area contributed by atoms with Crippen LogP contribution in [-0.4, -0.2) is 30.1 Å². The molecule has 1 fully saturated rings. The van der Waals surface area contributed by atoms with Crippen LogP contribution in [0.2, 0.25) is 0 Å². The quantitative estimate of drug-likeness (QED) is 0.765. The van der Waals surface area contributed by atoms with Crippen molar-refractivity contribution in [3.05, 3.63) is 17.4 Å². The monoisotopic (exact) mass is 354 g/mol. The predicted octanol–water partition coefficient (Wildman–Crippen LogP) is 1.85. The Labute approximate surface area is 141 Å². The van der Waals surface area contributed by atoms with Crippen LogP contribution < -0.4 is 21.5 Å². The maximum absolute atomic E-state index is 13.9. The van der Waals surface area contributed by atoms with Crippen LogP contribution >= 0.6 is 24.8 Å². The zero-order chi connectivity index (χ0) is 14.7. The lowest BCUT2D eigenvalue weighted by Crippen LogP contribution is -2.33. The standard InChI is InChI=1S/C13H19FN4O2.2ClH/c1-20-13-9(11(16)19)6-10(14)12(18-13)17-8-4-2-7(15)3-5-8;;/h6-8H,2-5,15H2,1H3,(H2,16,19)(H,17,18);2*1H/t7-,8-;;. The van der Waals surface area contributed by atoms with Crippen LogP contribution in [0.4, 0.5) is 10.2 Å². The highest BCUT2D eigenvalue weighted by Crippen LogP contribution is 2.25. The Morgan fingerprint density at radius 2 is 1.95 bits per heavy atom. The third kappa shape index (κ3) is 4.86. The molecule has 2 rings (SSSR count). The van der Waals surface area contributed by atoms with E-state index < -0.39 is 11.7 Å². The lowest BCUT2D eigenvalue weighted by molar-refractivity contribution is 0.0996. The second-order valence-corrected chi connectivity index (χ2v) is 5.00. The number of rotatable bonds is 4. The minimum absolute atomic E-state index is 0. The fraction of sp³-hybridized carbons (Fsp3) is 0.538. The van der Waals surface area contributed by atoms with E-state index in [9.17, 15) is 9.18 Å². The van der Waals surface area contributed by atoms with Crippen molar-refractivity contribution in [2.75, 3.05) is 12.4 Å². The summed E-state index contributed by atoms with van der Waals surface area (Å²) in [5, 5.41) is 3.04. The average molecular weight is 355 g/mol. The van der Waals surface area contributed by atoms with Gasteiger partial charge in [-0.1, -0.05) is 0 Å². The number of nitrogens with two attached hydrogens (primary N) is 2. The van der Waals surface area contributed by atoms with Gasteiger partial charge >= 0.3 is 0 Å². The lowest BCUT2D eigenvalue weighted by atomic mass is 9.92. The van der Waals surface area contributed by atoms with Gasteiger partial charge in [-0.3, -0.25) is 4.79 Å². The van der Waals surface area contributed by atoms with Gasteiger partial charge in [0.1, 0.15) is 5.56 Å². The summed E-state index contributed by atoms with van der Waals surface area (Å²) in [6.07, 6.45) is 3.52. The first-order valence-corrected chi connectivity index (χ1v) is 6.57. The van der Waals surface area contributed by atoms with Crippen LogP contribution in [0.3, 0.4) is 0 Å². The van der Waals surface area contributed by atoms with Gasteiger partial charge in [0.05, 0.1) is 7.11 Å².